The number of aliphatic imine (C=N–C) groups is 1. The first kappa shape index (κ1) is 11.4. The summed E-state index contributed by atoms with van der Waals surface area (Å²) < 4.78 is 0. The molecule has 0 saturated carbocycles. The van der Waals surface area contributed by atoms with Crippen molar-refractivity contribution in [1.29, 1.82) is 0 Å². The topological polar surface area (TPSA) is 53.5 Å². The summed E-state index contributed by atoms with van der Waals surface area (Å²) in [7, 11) is 0. The van der Waals surface area contributed by atoms with Gasteiger partial charge in [0.2, 0.25) is 5.91 Å². The van der Waals surface area contributed by atoms with Gasteiger partial charge in [-0.1, -0.05) is 25.6 Å². The van der Waals surface area contributed by atoms with Crippen molar-refractivity contribution in [3.63, 3.8) is 0 Å². The smallest absolute Gasteiger partial charge is 0.230 e. The molecule has 0 spiro atoms. The van der Waals surface area contributed by atoms with Gasteiger partial charge in [0.25, 0.3) is 0 Å². The van der Waals surface area contributed by atoms with Gasteiger partial charge >= 0.3 is 0 Å². The summed E-state index contributed by atoms with van der Waals surface area (Å²) in [5, 5.41) is 6.87. The van der Waals surface area contributed by atoms with Crippen LogP contribution >= 0.6 is 11.8 Å². The van der Waals surface area contributed by atoms with E-state index in [2.05, 4.69) is 29.5 Å². The summed E-state index contributed by atoms with van der Waals surface area (Å²) in [6.07, 6.45) is 0. The van der Waals surface area contributed by atoms with Crippen molar-refractivity contribution >= 4 is 22.8 Å². The molecule has 0 atom stereocenters. The molecule has 0 aliphatic carbocycles. The van der Waals surface area contributed by atoms with Crippen LogP contribution in [0.2, 0.25) is 0 Å². The summed E-state index contributed by atoms with van der Waals surface area (Å²) in [4.78, 5) is 15.5. The van der Waals surface area contributed by atoms with Crippen molar-refractivity contribution < 1.29 is 4.79 Å². The van der Waals surface area contributed by atoms with Gasteiger partial charge < -0.3 is 10.6 Å². The van der Waals surface area contributed by atoms with Crippen molar-refractivity contribution in [1.82, 2.24) is 10.6 Å². The van der Waals surface area contributed by atoms with E-state index < -0.39 is 0 Å². The van der Waals surface area contributed by atoms with Crippen molar-refractivity contribution in [2.24, 2.45) is 10.9 Å². The summed E-state index contributed by atoms with van der Waals surface area (Å²) in [5.74, 6) is 1.05. The molecule has 0 saturated heterocycles. The lowest BCUT2D eigenvalue weighted by molar-refractivity contribution is -0.118. The van der Waals surface area contributed by atoms with E-state index in [4.69, 9.17) is 0 Å². The minimum absolute atomic E-state index is 0.0834. The predicted octanol–water partition coefficient (Wildman–Crippen LogP) is 0.451. The van der Waals surface area contributed by atoms with Gasteiger partial charge in [-0.3, -0.25) is 9.79 Å². The van der Waals surface area contributed by atoms with Crippen molar-refractivity contribution in [3.8, 4) is 0 Å². The fraction of sp³-hybridized carbons (Fsp3) is 0.778. The molecule has 0 radical (unpaired) electrons. The molecule has 0 aromatic heterocycles. The number of nitrogens with one attached hydrogen (secondary N) is 2. The molecule has 0 aromatic carbocycles. The molecule has 5 heteroatoms. The van der Waals surface area contributed by atoms with Gasteiger partial charge in [0.1, 0.15) is 0 Å². The number of thioether (sulfide) groups is 1. The van der Waals surface area contributed by atoms with E-state index in [1.807, 2.05) is 0 Å². The second kappa shape index (κ2) is 5.90. The average Bonchev–Trinajstić information content (AvgIpc) is 2.63. The molecule has 2 N–H and O–H groups in total. The van der Waals surface area contributed by atoms with Crippen molar-refractivity contribution in [2.45, 2.75) is 13.8 Å². The van der Waals surface area contributed by atoms with Gasteiger partial charge in [0.05, 0.1) is 12.3 Å². The highest BCUT2D eigenvalue weighted by molar-refractivity contribution is 8.14. The lowest BCUT2D eigenvalue weighted by atomic mass is 10.2. The zero-order valence-electron chi connectivity index (χ0n) is 8.67. The first-order valence-electron chi connectivity index (χ1n) is 4.86. The number of amides is 1. The van der Waals surface area contributed by atoms with E-state index in [-0.39, 0.29) is 5.91 Å². The number of carbonyl (C=O) groups excluding carboxylic acids is 1. The Hall–Kier alpha value is -0.710. The zero-order chi connectivity index (χ0) is 10.4. The third kappa shape index (κ3) is 4.50. The largest absolute Gasteiger partial charge is 0.363 e. The Morgan fingerprint density at radius 2 is 2.50 bits per heavy atom. The molecule has 0 aromatic rings. The van der Waals surface area contributed by atoms with Crippen LogP contribution in [0.1, 0.15) is 13.8 Å². The molecule has 1 heterocycles. The van der Waals surface area contributed by atoms with Crippen LogP contribution in [0.15, 0.2) is 4.99 Å². The molecule has 0 bridgehead atoms. The highest BCUT2D eigenvalue weighted by Crippen LogP contribution is 2.04. The normalized spacial score (nSPS) is 15.2. The maximum absolute atomic E-state index is 11.3. The van der Waals surface area contributed by atoms with Crippen LogP contribution in [0.3, 0.4) is 0 Å². The number of hydrogen-bond acceptors (Lipinski definition) is 4. The first-order valence-corrected chi connectivity index (χ1v) is 5.85. The van der Waals surface area contributed by atoms with Crippen LogP contribution in [-0.4, -0.2) is 36.5 Å². The minimum atomic E-state index is 0.0834. The molecule has 1 rings (SSSR count). The summed E-state index contributed by atoms with van der Waals surface area (Å²) in [6.45, 7) is 6.64. The molecule has 0 unspecified atom stereocenters. The maximum atomic E-state index is 11.3. The molecule has 1 aliphatic rings. The number of nitrogens with zero attached hydrogens (tertiary/aromatic N) is 1. The average molecular weight is 215 g/mol. The maximum Gasteiger partial charge on any atom is 0.230 e. The second-order valence-corrected chi connectivity index (χ2v) is 4.56. The third-order valence-corrected chi connectivity index (χ3v) is 2.64. The fourth-order valence-electron chi connectivity index (χ4n) is 0.976. The Balaban J connectivity index is 2.08. The third-order valence-electron chi connectivity index (χ3n) is 1.69. The Morgan fingerprint density at radius 3 is 3.07 bits per heavy atom. The lowest BCUT2D eigenvalue weighted by Gasteiger charge is -2.07. The van der Waals surface area contributed by atoms with Gasteiger partial charge in [-0.05, 0) is 5.92 Å². The van der Waals surface area contributed by atoms with Crippen LogP contribution < -0.4 is 10.6 Å². The molecular formula is C9H17N3OS. The van der Waals surface area contributed by atoms with Crippen LogP contribution in [0.5, 0.6) is 0 Å². The Bertz CT molecular complexity index is 228. The minimum Gasteiger partial charge on any atom is -0.363 e. The van der Waals surface area contributed by atoms with Crippen LogP contribution in [0.4, 0.5) is 0 Å². The van der Waals surface area contributed by atoms with E-state index in [0.717, 1.165) is 24.8 Å². The van der Waals surface area contributed by atoms with E-state index in [0.29, 0.717) is 11.7 Å². The van der Waals surface area contributed by atoms with Crippen molar-refractivity contribution in [2.75, 3.05) is 25.4 Å². The fourth-order valence-corrected chi connectivity index (χ4v) is 1.73. The Morgan fingerprint density at radius 1 is 1.71 bits per heavy atom. The predicted molar refractivity (Wildman–Crippen MR) is 60.6 cm³/mol. The number of rotatable bonds is 4. The molecule has 80 valence electrons. The molecule has 1 aliphatic heterocycles. The van der Waals surface area contributed by atoms with Gasteiger partial charge in [-0.15, -0.1) is 0 Å². The standard InChI is InChI=1S/C9H17N3OS/c1-7(2)5-12-8(13)6-14-9-10-3-4-11-9/h7H,3-6H2,1-2H3,(H,10,11)(H,12,13). The Kier molecular flexibility index (Phi) is 4.79. The molecule has 1 amide bonds. The summed E-state index contributed by atoms with van der Waals surface area (Å²) >= 11 is 1.47. The SMILES string of the molecule is CC(C)CNC(=O)CSC1=NCCN1. The second-order valence-electron chi connectivity index (χ2n) is 3.60. The first-order chi connectivity index (χ1) is 6.68. The van der Waals surface area contributed by atoms with Crippen LogP contribution in [0, 0.1) is 5.92 Å². The highest BCUT2D eigenvalue weighted by atomic mass is 32.2. The van der Waals surface area contributed by atoms with Gasteiger partial charge in [0.15, 0.2) is 5.17 Å². The Labute approximate surface area is 88.9 Å². The summed E-state index contributed by atoms with van der Waals surface area (Å²) in [6, 6.07) is 0. The molecule has 0 fully saturated rings. The molecular weight excluding hydrogens is 198 g/mol. The van der Waals surface area contributed by atoms with E-state index in [9.17, 15) is 4.79 Å². The highest BCUT2D eigenvalue weighted by Gasteiger charge is 2.08. The van der Waals surface area contributed by atoms with Gasteiger partial charge in [-0.2, -0.15) is 0 Å². The number of amidine groups is 1. The lowest BCUT2D eigenvalue weighted by Crippen LogP contribution is -2.29. The van der Waals surface area contributed by atoms with E-state index in [1.54, 1.807) is 0 Å². The monoisotopic (exact) mass is 215 g/mol. The summed E-state index contributed by atoms with van der Waals surface area (Å²) in [5.41, 5.74) is 0. The quantitative estimate of drug-likeness (QED) is 0.716. The van der Waals surface area contributed by atoms with Crippen molar-refractivity contribution in [3.05, 3.63) is 0 Å². The number of carbonyl (C=O) groups is 1. The van der Waals surface area contributed by atoms with E-state index in [1.165, 1.54) is 11.8 Å². The zero-order valence-corrected chi connectivity index (χ0v) is 9.49. The van der Waals surface area contributed by atoms with Crippen LogP contribution in [0.25, 0.3) is 0 Å². The van der Waals surface area contributed by atoms with Gasteiger partial charge in [-0.25, -0.2) is 0 Å². The van der Waals surface area contributed by atoms with E-state index >= 15 is 0 Å². The van der Waals surface area contributed by atoms with Crippen LogP contribution in [-0.2, 0) is 4.79 Å². The molecule has 4 nitrogen and oxygen atoms in total. The number of hydrogen-bond donors (Lipinski definition) is 2. The van der Waals surface area contributed by atoms with Gasteiger partial charge in [0, 0.05) is 13.1 Å². The molecule has 14 heavy (non-hydrogen) atoms.